The molecule has 0 saturated carbocycles. The largest absolute Gasteiger partial charge is 0.481 e. The number of amides is 1. The molecule has 1 fully saturated rings. The summed E-state index contributed by atoms with van der Waals surface area (Å²) in [5, 5.41) is 9.49. The molecule has 9 heteroatoms. The maximum absolute atomic E-state index is 13.2. The molecule has 1 atom stereocenters. The summed E-state index contributed by atoms with van der Waals surface area (Å²) in [4.78, 5) is 24.6. The second-order valence-corrected chi connectivity index (χ2v) is 6.74. The minimum atomic E-state index is -4.95. The molecule has 1 N–H and O–H groups in total. The highest BCUT2D eigenvalue weighted by Gasteiger charge is 2.64. The van der Waals surface area contributed by atoms with E-state index in [0.29, 0.717) is 10.1 Å². The molecule has 1 aromatic carbocycles. The fraction of sp³-hybridized carbons (Fsp3) is 0.333. The zero-order valence-electron chi connectivity index (χ0n) is 12.1. The summed E-state index contributed by atoms with van der Waals surface area (Å²) in [6.07, 6.45) is -5.63. The third-order valence-corrected chi connectivity index (χ3v) is 5.30. The number of aliphatic carboxylic acids is 1. The van der Waals surface area contributed by atoms with Crippen molar-refractivity contribution in [2.75, 3.05) is 13.1 Å². The Hall–Kier alpha value is -2.16. The number of thiophene rings is 1. The predicted octanol–water partition coefficient (Wildman–Crippen LogP) is 3.52. The lowest BCUT2D eigenvalue weighted by atomic mass is 9.86. The van der Waals surface area contributed by atoms with E-state index in [2.05, 4.69) is 0 Å². The van der Waals surface area contributed by atoms with Gasteiger partial charge in [-0.2, -0.15) is 13.2 Å². The van der Waals surface area contributed by atoms with Gasteiger partial charge in [-0.1, -0.05) is 0 Å². The molecule has 0 bridgehead atoms. The Kier molecular flexibility index (Phi) is 3.78. The van der Waals surface area contributed by atoms with Gasteiger partial charge in [-0.3, -0.25) is 9.59 Å². The number of carboxylic acid groups (broad SMARTS) is 1. The molecule has 4 nitrogen and oxygen atoms in total. The van der Waals surface area contributed by atoms with Crippen molar-refractivity contribution in [3.8, 4) is 0 Å². The molecule has 1 amide bonds. The molecular weight excluding hydrogens is 350 g/mol. The number of likely N-dealkylation sites (tertiary alicyclic amines) is 1. The molecule has 1 aromatic heterocycles. The van der Waals surface area contributed by atoms with E-state index in [1.165, 1.54) is 24.3 Å². The number of benzene rings is 1. The van der Waals surface area contributed by atoms with Gasteiger partial charge >= 0.3 is 12.1 Å². The number of carbonyl (C=O) groups excluding carboxylic acids is 1. The Morgan fingerprint density at radius 3 is 2.54 bits per heavy atom. The van der Waals surface area contributed by atoms with Crippen LogP contribution in [0.5, 0.6) is 0 Å². The number of carbonyl (C=O) groups is 2. The van der Waals surface area contributed by atoms with E-state index in [-0.39, 0.29) is 11.4 Å². The molecule has 128 valence electrons. The van der Waals surface area contributed by atoms with Crippen LogP contribution in [0.3, 0.4) is 0 Å². The number of carboxylic acids is 1. The quantitative estimate of drug-likeness (QED) is 0.833. The zero-order valence-corrected chi connectivity index (χ0v) is 12.9. The average molecular weight is 361 g/mol. The van der Waals surface area contributed by atoms with Gasteiger partial charge in [0.15, 0.2) is 5.41 Å². The van der Waals surface area contributed by atoms with Crippen LogP contribution in [0.25, 0.3) is 10.1 Å². The fourth-order valence-corrected chi connectivity index (χ4v) is 3.80. The smallest absolute Gasteiger partial charge is 0.406 e. The Morgan fingerprint density at radius 2 is 1.96 bits per heavy atom. The zero-order chi connectivity index (χ0) is 17.7. The summed E-state index contributed by atoms with van der Waals surface area (Å²) >= 11 is 1.03. The predicted molar refractivity (Wildman–Crippen MR) is 78.4 cm³/mol. The molecule has 24 heavy (non-hydrogen) atoms. The van der Waals surface area contributed by atoms with E-state index in [1.807, 2.05) is 0 Å². The number of nitrogens with zero attached hydrogens (tertiary/aromatic N) is 1. The van der Waals surface area contributed by atoms with Crippen LogP contribution >= 0.6 is 11.3 Å². The fourth-order valence-electron chi connectivity index (χ4n) is 2.79. The van der Waals surface area contributed by atoms with Gasteiger partial charge in [0.2, 0.25) is 0 Å². The lowest BCUT2D eigenvalue weighted by Crippen LogP contribution is -2.47. The number of rotatable bonds is 2. The second kappa shape index (κ2) is 5.44. The summed E-state index contributed by atoms with van der Waals surface area (Å²) in [6.45, 7) is -1.22. The lowest BCUT2D eigenvalue weighted by Gasteiger charge is -2.27. The summed E-state index contributed by atoms with van der Waals surface area (Å²) < 4.78 is 53.3. The van der Waals surface area contributed by atoms with Crippen molar-refractivity contribution in [2.45, 2.75) is 12.6 Å². The van der Waals surface area contributed by atoms with Crippen LogP contribution < -0.4 is 0 Å². The summed E-state index contributed by atoms with van der Waals surface area (Å²) in [6, 6.07) is 5.33. The standard InChI is InChI=1S/C15H11F4NO3S/c16-9-1-2-10-8(5-9)6-11(24-10)12(21)20-4-3-14(7-20,13(22)23)15(17,18)19/h1-2,5-6H,3-4,7H2,(H,22,23). The Labute approximate surface area is 137 Å². The van der Waals surface area contributed by atoms with E-state index >= 15 is 0 Å². The molecule has 1 unspecified atom stereocenters. The van der Waals surface area contributed by atoms with E-state index in [0.717, 1.165) is 16.2 Å². The second-order valence-electron chi connectivity index (χ2n) is 5.65. The summed E-state index contributed by atoms with van der Waals surface area (Å²) in [5.74, 6) is -3.14. The van der Waals surface area contributed by atoms with Crippen LogP contribution in [0.2, 0.25) is 0 Å². The first kappa shape index (κ1) is 16.7. The highest BCUT2D eigenvalue weighted by atomic mass is 32.1. The Bertz CT molecular complexity index is 832. The van der Waals surface area contributed by atoms with Crippen molar-refractivity contribution in [3.63, 3.8) is 0 Å². The highest BCUT2D eigenvalue weighted by molar-refractivity contribution is 7.20. The maximum Gasteiger partial charge on any atom is 0.406 e. The number of hydrogen-bond acceptors (Lipinski definition) is 3. The monoisotopic (exact) mass is 361 g/mol. The van der Waals surface area contributed by atoms with Crippen LogP contribution in [0.4, 0.5) is 17.6 Å². The average Bonchev–Trinajstić information content (AvgIpc) is 3.10. The van der Waals surface area contributed by atoms with Gasteiger partial charge in [-0.25, -0.2) is 4.39 Å². The third kappa shape index (κ3) is 2.52. The minimum absolute atomic E-state index is 0.152. The van der Waals surface area contributed by atoms with Gasteiger partial charge in [0.1, 0.15) is 5.82 Å². The minimum Gasteiger partial charge on any atom is -0.481 e. The van der Waals surface area contributed by atoms with Gasteiger partial charge in [0, 0.05) is 17.8 Å². The number of hydrogen-bond donors (Lipinski definition) is 1. The topological polar surface area (TPSA) is 57.6 Å². The number of fused-ring (bicyclic) bond motifs is 1. The molecule has 0 spiro atoms. The lowest BCUT2D eigenvalue weighted by molar-refractivity contribution is -0.227. The first-order valence-corrected chi connectivity index (χ1v) is 7.74. The Morgan fingerprint density at radius 1 is 1.25 bits per heavy atom. The molecule has 0 radical (unpaired) electrons. The molecule has 0 aliphatic carbocycles. The van der Waals surface area contributed by atoms with Gasteiger partial charge < -0.3 is 10.0 Å². The molecule has 2 aromatic rings. The number of halogens is 4. The van der Waals surface area contributed by atoms with E-state index in [4.69, 9.17) is 5.11 Å². The van der Waals surface area contributed by atoms with Gasteiger partial charge in [0.05, 0.1) is 4.88 Å². The van der Waals surface area contributed by atoms with E-state index < -0.39 is 42.3 Å². The van der Waals surface area contributed by atoms with Crippen molar-refractivity contribution >= 4 is 33.3 Å². The van der Waals surface area contributed by atoms with Gasteiger partial charge in [-0.15, -0.1) is 11.3 Å². The highest BCUT2D eigenvalue weighted by Crippen LogP contribution is 2.46. The maximum atomic E-state index is 13.2. The molecule has 1 saturated heterocycles. The summed E-state index contributed by atoms with van der Waals surface area (Å²) in [5.41, 5.74) is -2.94. The van der Waals surface area contributed by atoms with Crippen molar-refractivity contribution in [3.05, 3.63) is 35.0 Å². The molecule has 2 heterocycles. The first-order valence-electron chi connectivity index (χ1n) is 6.92. The van der Waals surface area contributed by atoms with Crippen molar-refractivity contribution < 1.29 is 32.3 Å². The molecular formula is C15H11F4NO3S. The van der Waals surface area contributed by atoms with Crippen molar-refractivity contribution in [1.82, 2.24) is 4.90 Å². The first-order chi connectivity index (χ1) is 11.1. The molecule has 1 aliphatic heterocycles. The van der Waals surface area contributed by atoms with Crippen molar-refractivity contribution in [2.24, 2.45) is 5.41 Å². The Balaban J connectivity index is 1.89. The van der Waals surface area contributed by atoms with Gasteiger partial charge in [0.25, 0.3) is 5.91 Å². The normalized spacial score (nSPS) is 21.4. The van der Waals surface area contributed by atoms with Crippen LogP contribution in [0.1, 0.15) is 16.1 Å². The van der Waals surface area contributed by atoms with Crippen LogP contribution in [-0.2, 0) is 4.79 Å². The number of alkyl halides is 3. The summed E-state index contributed by atoms with van der Waals surface area (Å²) in [7, 11) is 0. The third-order valence-electron chi connectivity index (χ3n) is 4.20. The van der Waals surface area contributed by atoms with E-state index in [1.54, 1.807) is 0 Å². The van der Waals surface area contributed by atoms with E-state index in [9.17, 15) is 27.2 Å². The van der Waals surface area contributed by atoms with Gasteiger partial charge in [-0.05, 0) is 36.1 Å². The SMILES string of the molecule is O=C(c1cc2cc(F)ccc2s1)N1CCC(C(=O)O)(C(F)(F)F)C1. The van der Waals surface area contributed by atoms with Crippen LogP contribution in [0.15, 0.2) is 24.3 Å². The van der Waals surface area contributed by atoms with Crippen LogP contribution in [0, 0.1) is 11.2 Å². The van der Waals surface area contributed by atoms with Crippen molar-refractivity contribution in [1.29, 1.82) is 0 Å². The molecule has 1 aliphatic rings. The van der Waals surface area contributed by atoms with Crippen LogP contribution in [-0.4, -0.2) is 41.1 Å². The molecule has 3 rings (SSSR count).